The van der Waals surface area contributed by atoms with E-state index in [2.05, 4.69) is 15.6 Å². The average Bonchev–Trinajstić information content (AvgIpc) is 2.72. The van der Waals surface area contributed by atoms with Crippen LogP contribution in [0.25, 0.3) is 0 Å². The minimum Gasteiger partial charge on any atom is -0.493 e. The Morgan fingerprint density at radius 2 is 1.64 bits per heavy atom. The first kappa shape index (κ1) is 21.3. The van der Waals surface area contributed by atoms with Gasteiger partial charge in [0.1, 0.15) is 5.82 Å². The number of nitrogens with zero attached hydrogens (tertiary/aromatic N) is 1. The third kappa shape index (κ3) is 5.77. The minimum absolute atomic E-state index is 0.248. The number of halogens is 1. The summed E-state index contributed by atoms with van der Waals surface area (Å²) in [5, 5.41) is 6.51. The molecule has 6 nitrogen and oxygen atoms in total. The molecule has 2 aromatic carbocycles. The zero-order valence-electron chi connectivity index (χ0n) is 16.8. The predicted octanol–water partition coefficient (Wildman–Crippen LogP) is 3.15. The van der Waals surface area contributed by atoms with Gasteiger partial charge in [-0.2, -0.15) is 0 Å². The number of benzene rings is 2. The Hall–Kier alpha value is -2.96. The molecular formula is C21H28FN3O3. The third-order valence-corrected chi connectivity index (χ3v) is 4.15. The zero-order valence-corrected chi connectivity index (χ0v) is 16.8. The summed E-state index contributed by atoms with van der Waals surface area (Å²) in [7, 11) is 4.80. The summed E-state index contributed by atoms with van der Waals surface area (Å²) < 4.78 is 29.3. The topological polar surface area (TPSA) is 64.1 Å². The van der Waals surface area contributed by atoms with E-state index in [4.69, 9.17) is 14.2 Å². The molecule has 152 valence electrons. The van der Waals surface area contributed by atoms with Crippen LogP contribution in [0.5, 0.6) is 17.2 Å². The lowest BCUT2D eigenvalue weighted by atomic mass is 10.1. The molecule has 0 fully saturated rings. The maximum atomic E-state index is 13.0. The van der Waals surface area contributed by atoms with Gasteiger partial charge in [-0.05, 0) is 37.1 Å². The van der Waals surface area contributed by atoms with Gasteiger partial charge in [0.2, 0.25) is 5.75 Å². The van der Waals surface area contributed by atoms with Crippen molar-refractivity contribution >= 4 is 5.96 Å². The van der Waals surface area contributed by atoms with Crippen molar-refractivity contribution in [3.05, 3.63) is 53.3 Å². The second kappa shape index (κ2) is 11.0. The molecule has 0 saturated heterocycles. The summed E-state index contributed by atoms with van der Waals surface area (Å²) in [5.41, 5.74) is 1.95. The fourth-order valence-electron chi connectivity index (χ4n) is 2.78. The lowest BCUT2D eigenvalue weighted by molar-refractivity contribution is 0.322. The lowest BCUT2D eigenvalue weighted by Gasteiger charge is -2.16. The number of guanidine groups is 1. The van der Waals surface area contributed by atoms with Gasteiger partial charge in [0.25, 0.3) is 0 Å². The Morgan fingerprint density at radius 3 is 2.25 bits per heavy atom. The van der Waals surface area contributed by atoms with E-state index in [0.29, 0.717) is 42.7 Å². The largest absolute Gasteiger partial charge is 0.493 e. The number of rotatable bonds is 9. The molecule has 0 aliphatic heterocycles. The monoisotopic (exact) mass is 389 g/mol. The van der Waals surface area contributed by atoms with Crippen molar-refractivity contribution in [1.29, 1.82) is 0 Å². The highest BCUT2D eigenvalue weighted by Gasteiger charge is 2.15. The quantitative estimate of drug-likeness (QED) is 0.510. The van der Waals surface area contributed by atoms with Crippen LogP contribution in [0.2, 0.25) is 0 Å². The van der Waals surface area contributed by atoms with Crippen molar-refractivity contribution in [3.8, 4) is 17.2 Å². The maximum Gasteiger partial charge on any atom is 0.203 e. The first-order valence-corrected chi connectivity index (χ1v) is 9.17. The molecule has 0 aliphatic carbocycles. The molecule has 2 N–H and O–H groups in total. The van der Waals surface area contributed by atoms with Crippen molar-refractivity contribution < 1.29 is 18.6 Å². The van der Waals surface area contributed by atoms with Gasteiger partial charge in [0, 0.05) is 18.7 Å². The Kier molecular flexibility index (Phi) is 8.39. The van der Waals surface area contributed by atoms with Gasteiger partial charge < -0.3 is 24.8 Å². The molecule has 0 saturated carbocycles. The average molecular weight is 389 g/mol. The molecule has 0 unspecified atom stereocenters. The summed E-state index contributed by atoms with van der Waals surface area (Å²) in [6, 6.07) is 10.2. The second-order valence-electron chi connectivity index (χ2n) is 5.99. The van der Waals surface area contributed by atoms with Crippen LogP contribution in [0.4, 0.5) is 4.39 Å². The maximum absolute atomic E-state index is 13.0. The summed E-state index contributed by atoms with van der Waals surface area (Å²) in [4.78, 5) is 4.54. The summed E-state index contributed by atoms with van der Waals surface area (Å²) >= 11 is 0. The van der Waals surface area contributed by atoms with E-state index in [1.165, 1.54) is 12.1 Å². The van der Waals surface area contributed by atoms with E-state index < -0.39 is 0 Å². The van der Waals surface area contributed by atoms with E-state index in [9.17, 15) is 4.39 Å². The number of aliphatic imine (C=N–C) groups is 1. The van der Waals surface area contributed by atoms with E-state index >= 15 is 0 Å². The van der Waals surface area contributed by atoms with Crippen molar-refractivity contribution in [2.75, 3.05) is 34.4 Å². The van der Waals surface area contributed by atoms with E-state index in [-0.39, 0.29) is 5.82 Å². The standard InChI is InChI=1S/C21H28FN3O3/c1-5-23-21(25-14-15-6-9-17(22)10-7-15)24-13-12-16-8-11-18(26-2)20(28-4)19(16)27-3/h6-11H,5,12-14H2,1-4H3,(H2,23,24,25). The highest BCUT2D eigenvalue weighted by atomic mass is 19.1. The molecule has 28 heavy (non-hydrogen) atoms. The smallest absolute Gasteiger partial charge is 0.203 e. The van der Waals surface area contributed by atoms with E-state index in [1.54, 1.807) is 33.5 Å². The normalized spacial score (nSPS) is 11.1. The van der Waals surface area contributed by atoms with Crippen LogP contribution in [0.15, 0.2) is 41.4 Å². The molecule has 7 heteroatoms. The number of methoxy groups -OCH3 is 3. The number of hydrogen-bond donors (Lipinski definition) is 2. The van der Waals surface area contributed by atoms with Crippen LogP contribution in [0.1, 0.15) is 18.1 Å². The highest BCUT2D eigenvalue weighted by molar-refractivity contribution is 5.79. The van der Waals surface area contributed by atoms with Crippen LogP contribution >= 0.6 is 0 Å². The van der Waals surface area contributed by atoms with Crippen molar-refractivity contribution in [1.82, 2.24) is 10.6 Å². The highest BCUT2D eigenvalue weighted by Crippen LogP contribution is 2.39. The summed E-state index contributed by atoms with van der Waals surface area (Å²) in [5.74, 6) is 2.33. The molecule has 0 heterocycles. The second-order valence-corrected chi connectivity index (χ2v) is 5.99. The Balaban J connectivity index is 2.02. The lowest BCUT2D eigenvalue weighted by Crippen LogP contribution is -2.38. The first-order chi connectivity index (χ1) is 13.6. The molecular weight excluding hydrogens is 361 g/mol. The van der Waals surface area contributed by atoms with Crippen LogP contribution < -0.4 is 24.8 Å². The third-order valence-electron chi connectivity index (χ3n) is 4.15. The molecule has 0 atom stereocenters. The fraction of sp³-hybridized carbons (Fsp3) is 0.381. The van der Waals surface area contributed by atoms with Gasteiger partial charge in [0.05, 0.1) is 27.9 Å². The fourth-order valence-corrected chi connectivity index (χ4v) is 2.78. The van der Waals surface area contributed by atoms with Crippen LogP contribution in [0, 0.1) is 5.82 Å². The number of hydrogen-bond acceptors (Lipinski definition) is 4. The van der Waals surface area contributed by atoms with Gasteiger partial charge in [-0.1, -0.05) is 18.2 Å². The van der Waals surface area contributed by atoms with Crippen molar-refractivity contribution in [3.63, 3.8) is 0 Å². The number of nitrogens with one attached hydrogen (secondary N) is 2. The van der Waals surface area contributed by atoms with E-state index in [0.717, 1.165) is 17.7 Å². The van der Waals surface area contributed by atoms with Crippen LogP contribution in [0.3, 0.4) is 0 Å². The first-order valence-electron chi connectivity index (χ1n) is 9.17. The van der Waals surface area contributed by atoms with Gasteiger partial charge >= 0.3 is 0 Å². The summed E-state index contributed by atoms with van der Waals surface area (Å²) in [6.45, 7) is 3.87. The van der Waals surface area contributed by atoms with Crippen LogP contribution in [-0.2, 0) is 13.0 Å². The predicted molar refractivity (Wildman–Crippen MR) is 109 cm³/mol. The van der Waals surface area contributed by atoms with Gasteiger partial charge in [-0.3, -0.25) is 0 Å². The van der Waals surface area contributed by atoms with Gasteiger partial charge in [0.15, 0.2) is 17.5 Å². The Morgan fingerprint density at radius 1 is 0.929 bits per heavy atom. The molecule has 0 amide bonds. The molecule has 0 spiro atoms. The molecule has 0 aromatic heterocycles. The number of ether oxygens (including phenoxy) is 3. The van der Waals surface area contributed by atoms with Crippen molar-refractivity contribution in [2.45, 2.75) is 19.9 Å². The SMILES string of the molecule is CCNC(=NCc1ccc(F)cc1)NCCc1ccc(OC)c(OC)c1OC. The Labute approximate surface area is 165 Å². The molecule has 2 rings (SSSR count). The van der Waals surface area contributed by atoms with Crippen LogP contribution in [-0.4, -0.2) is 40.4 Å². The molecule has 0 aliphatic rings. The summed E-state index contributed by atoms with van der Waals surface area (Å²) in [6.07, 6.45) is 0.713. The van der Waals surface area contributed by atoms with Gasteiger partial charge in [-0.15, -0.1) is 0 Å². The molecule has 0 radical (unpaired) electrons. The molecule has 2 aromatic rings. The molecule has 0 bridgehead atoms. The Bertz CT molecular complexity index is 779. The van der Waals surface area contributed by atoms with E-state index in [1.807, 2.05) is 19.1 Å². The van der Waals surface area contributed by atoms with Gasteiger partial charge in [-0.25, -0.2) is 9.38 Å². The zero-order chi connectivity index (χ0) is 20.4. The van der Waals surface area contributed by atoms with Crippen molar-refractivity contribution in [2.24, 2.45) is 4.99 Å². The minimum atomic E-state index is -0.248.